The molecule has 0 fully saturated rings. The minimum Gasteiger partial charge on any atom is -0.361 e. The Hall–Kier alpha value is -2.31. The lowest BCUT2D eigenvalue weighted by Crippen LogP contribution is -2.16. The average Bonchev–Trinajstić information content (AvgIpc) is 3.11. The summed E-state index contributed by atoms with van der Waals surface area (Å²) in [7, 11) is 0. The quantitative estimate of drug-likeness (QED) is 0.776. The van der Waals surface area contributed by atoms with E-state index >= 15 is 0 Å². The fraction of sp³-hybridized carbons (Fsp3) is 0.133. The molecule has 118 valence electrons. The third-order valence-electron chi connectivity index (χ3n) is 3.15. The Morgan fingerprint density at radius 3 is 2.83 bits per heavy atom. The van der Waals surface area contributed by atoms with E-state index in [9.17, 15) is 4.79 Å². The molecule has 0 atom stereocenters. The predicted octanol–water partition coefficient (Wildman–Crippen LogP) is 3.79. The normalized spacial score (nSPS) is 10.7. The summed E-state index contributed by atoms with van der Waals surface area (Å²) < 4.78 is 6.52. The van der Waals surface area contributed by atoms with Crippen molar-refractivity contribution in [3.05, 3.63) is 63.6 Å². The van der Waals surface area contributed by atoms with Crippen LogP contribution in [0.1, 0.15) is 21.8 Å². The molecule has 1 aromatic carbocycles. The Kier molecular flexibility index (Phi) is 4.36. The Morgan fingerprint density at radius 1 is 1.30 bits per heavy atom. The van der Waals surface area contributed by atoms with Crippen LogP contribution in [0.25, 0.3) is 0 Å². The zero-order valence-corrected chi connectivity index (χ0v) is 13.6. The first kappa shape index (κ1) is 15.6. The number of rotatable bonds is 4. The molecule has 3 aromatic rings. The molecule has 0 bridgehead atoms. The molecule has 0 unspecified atom stereocenters. The van der Waals surface area contributed by atoms with E-state index in [1.54, 1.807) is 42.1 Å². The summed E-state index contributed by atoms with van der Waals surface area (Å²) in [5.74, 6) is 0.726. The van der Waals surface area contributed by atoms with Crippen LogP contribution in [-0.2, 0) is 6.54 Å². The highest BCUT2D eigenvalue weighted by Gasteiger charge is 2.14. The molecule has 0 saturated carbocycles. The van der Waals surface area contributed by atoms with Crippen molar-refractivity contribution < 1.29 is 9.32 Å². The molecule has 1 N–H and O–H groups in total. The van der Waals surface area contributed by atoms with Gasteiger partial charge < -0.3 is 9.84 Å². The second kappa shape index (κ2) is 6.44. The highest BCUT2D eigenvalue weighted by molar-refractivity contribution is 6.35. The van der Waals surface area contributed by atoms with Crippen LogP contribution in [0.15, 0.2) is 41.1 Å². The molecule has 8 heteroatoms. The minimum absolute atomic E-state index is 0.208. The smallest absolute Gasteiger partial charge is 0.278 e. The van der Waals surface area contributed by atoms with E-state index in [0.717, 1.165) is 5.56 Å². The van der Waals surface area contributed by atoms with Crippen molar-refractivity contribution in [2.24, 2.45) is 0 Å². The Bertz CT molecular complexity index is 857. The molecule has 0 spiro atoms. The van der Waals surface area contributed by atoms with Gasteiger partial charge >= 0.3 is 0 Å². The first-order valence-corrected chi connectivity index (χ1v) is 7.49. The molecule has 23 heavy (non-hydrogen) atoms. The largest absolute Gasteiger partial charge is 0.361 e. The average molecular weight is 351 g/mol. The number of amides is 1. The molecule has 0 aliphatic heterocycles. The van der Waals surface area contributed by atoms with Gasteiger partial charge in [-0.3, -0.25) is 4.79 Å². The van der Waals surface area contributed by atoms with Crippen LogP contribution in [0.2, 0.25) is 10.0 Å². The van der Waals surface area contributed by atoms with Crippen molar-refractivity contribution in [1.29, 1.82) is 0 Å². The molecule has 2 aromatic heterocycles. The van der Waals surface area contributed by atoms with Crippen LogP contribution in [0.4, 0.5) is 5.82 Å². The summed E-state index contributed by atoms with van der Waals surface area (Å²) >= 11 is 12.1. The zero-order chi connectivity index (χ0) is 16.4. The van der Waals surface area contributed by atoms with Crippen molar-refractivity contribution >= 4 is 34.9 Å². The third kappa shape index (κ3) is 3.55. The van der Waals surface area contributed by atoms with Crippen LogP contribution in [-0.4, -0.2) is 20.8 Å². The Labute approximate surface area is 142 Å². The van der Waals surface area contributed by atoms with Crippen molar-refractivity contribution in [2.75, 3.05) is 5.32 Å². The number of nitrogens with zero attached hydrogens (tertiary/aromatic N) is 3. The third-order valence-corrected chi connectivity index (χ3v) is 3.74. The number of aromatic nitrogens is 3. The first-order chi connectivity index (χ1) is 11.0. The van der Waals surface area contributed by atoms with E-state index in [4.69, 9.17) is 27.7 Å². The maximum absolute atomic E-state index is 12.1. The SMILES string of the molecule is Cc1cc(C(=O)Nc2ccnn2Cc2ccc(Cl)cc2Cl)no1. The second-order valence-electron chi connectivity index (χ2n) is 4.89. The molecule has 0 aliphatic rings. The number of halogens is 2. The van der Waals surface area contributed by atoms with Crippen molar-refractivity contribution in [3.63, 3.8) is 0 Å². The second-order valence-corrected chi connectivity index (χ2v) is 5.73. The Balaban J connectivity index is 1.78. The lowest BCUT2D eigenvalue weighted by atomic mass is 10.2. The van der Waals surface area contributed by atoms with Crippen molar-refractivity contribution in [2.45, 2.75) is 13.5 Å². The van der Waals surface area contributed by atoms with Gasteiger partial charge in [-0.05, 0) is 24.6 Å². The van der Waals surface area contributed by atoms with Crippen LogP contribution >= 0.6 is 23.2 Å². The maximum Gasteiger partial charge on any atom is 0.278 e. The van der Waals surface area contributed by atoms with Gasteiger partial charge in [-0.2, -0.15) is 5.10 Å². The number of hydrogen-bond donors (Lipinski definition) is 1. The standard InChI is InChI=1S/C15H12Cl2N4O2/c1-9-6-13(20-23-9)15(22)19-14-4-5-18-21(14)8-10-2-3-11(16)7-12(10)17/h2-7H,8H2,1H3,(H,19,22). The van der Waals surface area contributed by atoms with Crippen molar-refractivity contribution in [1.82, 2.24) is 14.9 Å². The maximum atomic E-state index is 12.1. The summed E-state index contributed by atoms with van der Waals surface area (Å²) in [6.07, 6.45) is 1.59. The van der Waals surface area contributed by atoms with E-state index in [0.29, 0.717) is 28.2 Å². The van der Waals surface area contributed by atoms with Gasteiger partial charge in [0, 0.05) is 22.2 Å². The lowest BCUT2D eigenvalue weighted by molar-refractivity contribution is 0.101. The number of anilines is 1. The monoisotopic (exact) mass is 350 g/mol. The molecule has 6 nitrogen and oxygen atoms in total. The van der Waals surface area contributed by atoms with Gasteiger partial charge in [0.05, 0.1) is 12.7 Å². The zero-order valence-electron chi connectivity index (χ0n) is 12.1. The van der Waals surface area contributed by atoms with Gasteiger partial charge in [0.2, 0.25) is 0 Å². The predicted molar refractivity (Wildman–Crippen MR) is 87.0 cm³/mol. The summed E-state index contributed by atoms with van der Waals surface area (Å²) in [6, 6.07) is 8.49. The molecule has 2 heterocycles. The lowest BCUT2D eigenvalue weighted by Gasteiger charge is -2.09. The molecule has 0 saturated heterocycles. The molecule has 1 amide bonds. The highest BCUT2D eigenvalue weighted by Crippen LogP contribution is 2.22. The molecule has 0 radical (unpaired) electrons. The van der Waals surface area contributed by atoms with E-state index in [1.807, 2.05) is 6.07 Å². The van der Waals surface area contributed by atoms with Gasteiger partial charge in [0.15, 0.2) is 5.69 Å². The topological polar surface area (TPSA) is 73.0 Å². The Morgan fingerprint density at radius 2 is 2.13 bits per heavy atom. The molecule has 3 rings (SSSR count). The number of nitrogens with one attached hydrogen (secondary N) is 1. The fourth-order valence-corrected chi connectivity index (χ4v) is 2.50. The summed E-state index contributed by atoms with van der Waals surface area (Å²) in [4.78, 5) is 12.1. The highest BCUT2D eigenvalue weighted by atomic mass is 35.5. The van der Waals surface area contributed by atoms with E-state index in [-0.39, 0.29) is 11.6 Å². The van der Waals surface area contributed by atoms with Gasteiger partial charge in [-0.1, -0.05) is 34.4 Å². The van der Waals surface area contributed by atoms with Gasteiger partial charge in [0.25, 0.3) is 5.91 Å². The molecular formula is C15H12Cl2N4O2. The molecular weight excluding hydrogens is 339 g/mol. The number of carbonyl (C=O) groups is 1. The summed E-state index contributed by atoms with van der Waals surface area (Å²) in [6.45, 7) is 2.12. The van der Waals surface area contributed by atoms with E-state index in [2.05, 4.69) is 15.6 Å². The van der Waals surface area contributed by atoms with Gasteiger partial charge in [-0.15, -0.1) is 0 Å². The van der Waals surface area contributed by atoms with E-state index < -0.39 is 0 Å². The van der Waals surface area contributed by atoms with Crippen LogP contribution in [0, 0.1) is 6.92 Å². The number of carbonyl (C=O) groups excluding carboxylic acids is 1. The first-order valence-electron chi connectivity index (χ1n) is 6.73. The van der Waals surface area contributed by atoms with Crippen molar-refractivity contribution in [3.8, 4) is 0 Å². The van der Waals surface area contributed by atoms with E-state index in [1.165, 1.54) is 0 Å². The summed E-state index contributed by atoms with van der Waals surface area (Å²) in [5, 5.41) is 11.7. The number of hydrogen-bond acceptors (Lipinski definition) is 4. The molecule has 0 aliphatic carbocycles. The minimum atomic E-state index is -0.370. The van der Waals surface area contributed by atoms with Crippen LogP contribution in [0.3, 0.4) is 0 Å². The van der Waals surface area contributed by atoms with Crippen LogP contribution in [0.5, 0.6) is 0 Å². The fourth-order valence-electron chi connectivity index (χ4n) is 2.03. The van der Waals surface area contributed by atoms with Gasteiger partial charge in [0.1, 0.15) is 11.6 Å². The van der Waals surface area contributed by atoms with Crippen LogP contribution < -0.4 is 5.32 Å². The number of benzene rings is 1. The summed E-state index contributed by atoms with van der Waals surface area (Å²) in [5.41, 5.74) is 1.05. The number of aryl methyl sites for hydroxylation is 1. The van der Waals surface area contributed by atoms with Gasteiger partial charge in [-0.25, -0.2) is 4.68 Å².